The topological polar surface area (TPSA) is 106 Å². The number of halogens is 2. The first-order chi connectivity index (χ1) is 23.6. The fraction of sp³-hybridized carbons (Fsp3) is 0.514. The number of likely N-dealkylation sites (tertiary alicyclic amines) is 2. The third-order valence-electron chi connectivity index (χ3n) is 11.3. The van der Waals surface area contributed by atoms with Gasteiger partial charge in [0, 0.05) is 36.7 Å². The number of rotatable bonds is 11. The first-order valence-electron chi connectivity index (χ1n) is 17.5. The summed E-state index contributed by atoms with van der Waals surface area (Å²) < 4.78 is 56.5. The number of alkyl halides is 1. The largest absolute Gasteiger partial charge is 0.465 e. The van der Waals surface area contributed by atoms with Crippen molar-refractivity contribution in [3.8, 4) is 0 Å². The van der Waals surface area contributed by atoms with E-state index in [1.165, 1.54) is 30.6 Å². The summed E-state index contributed by atoms with van der Waals surface area (Å²) in [5.41, 5.74) is 0.393. The zero-order valence-electron chi connectivity index (χ0n) is 27.6. The van der Waals surface area contributed by atoms with E-state index in [9.17, 15) is 22.7 Å². The SMILES string of the molecule is O=C(O)N[C@H]1CCC[C@@H]1[C@H](C1CCN(CC2(F)CN(c3ccc(S(=O)(=O)c4ccncc4)cc3)C2)CC1)[C@@H](c1cccc(F)c1)N1CCC1. The fourth-order valence-electron chi connectivity index (χ4n) is 8.92. The van der Waals surface area contributed by atoms with Gasteiger partial charge in [0.2, 0.25) is 9.84 Å². The third-order valence-corrected chi connectivity index (χ3v) is 13.1. The molecule has 4 atom stereocenters. The Kier molecular flexibility index (Phi) is 9.64. The average Bonchev–Trinajstić information content (AvgIpc) is 3.50. The lowest BCUT2D eigenvalue weighted by atomic mass is 9.68. The second-order valence-electron chi connectivity index (χ2n) is 14.4. The molecule has 4 heterocycles. The Balaban J connectivity index is 1.00. The lowest BCUT2D eigenvalue weighted by molar-refractivity contribution is -0.00951. The summed E-state index contributed by atoms with van der Waals surface area (Å²) in [5.74, 6) is 0.367. The van der Waals surface area contributed by atoms with Crippen LogP contribution in [-0.4, -0.2) is 91.9 Å². The van der Waals surface area contributed by atoms with Crippen molar-refractivity contribution in [1.82, 2.24) is 20.1 Å². The molecule has 7 rings (SSSR count). The van der Waals surface area contributed by atoms with Gasteiger partial charge in [-0.15, -0.1) is 0 Å². The number of pyridine rings is 1. The van der Waals surface area contributed by atoms with Crippen LogP contribution in [0, 0.1) is 23.6 Å². The van der Waals surface area contributed by atoms with Crippen molar-refractivity contribution >= 4 is 21.6 Å². The highest BCUT2D eigenvalue weighted by molar-refractivity contribution is 7.91. The van der Waals surface area contributed by atoms with Crippen LogP contribution in [0.4, 0.5) is 19.3 Å². The average molecular weight is 694 g/mol. The molecule has 4 fully saturated rings. The minimum absolute atomic E-state index is 0.0148. The van der Waals surface area contributed by atoms with Crippen LogP contribution >= 0.6 is 0 Å². The maximum Gasteiger partial charge on any atom is 0.404 e. The van der Waals surface area contributed by atoms with Gasteiger partial charge in [-0.25, -0.2) is 22.0 Å². The predicted molar refractivity (Wildman–Crippen MR) is 182 cm³/mol. The van der Waals surface area contributed by atoms with Gasteiger partial charge in [0.15, 0.2) is 5.67 Å². The molecule has 3 saturated heterocycles. The number of aromatic nitrogens is 1. The summed E-state index contributed by atoms with van der Waals surface area (Å²) in [6, 6.07) is 16.4. The monoisotopic (exact) mass is 693 g/mol. The number of hydrogen-bond donors (Lipinski definition) is 2. The first kappa shape index (κ1) is 33.9. The maximum absolute atomic E-state index is 16.0. The van der Waals surface area contributed by atoms with Gasteiger partial charge in [-0.2, -0.15) is 0 Å². The highest BCUT2D eigenvalue weighted by atomic mass is 32.2. The minimum Gasteiger partial charge on any atom is -0.465 e. The standard InChI is InChI=1S/C37H45F2N5O4S/c38-28-5-1-4-27(22-28)35(43-18-3-19-43)34(32-6-2-7-33(32)41-36(45)46)26-14-20-42(21-15-26)23-37(39)24-44(25-37)29-8-10-30(11-9-29)49(47,48)31-12-16-40-17-13-31/h1,4-5,8-13,16-17,22,26,32-35,41H,2-3,6-7,14-15,18-21,23-25H2,(H,45,46)/t32-,33-,34-,35+/m0/s1. The number of benzene rings is 2. The number of carboxylic acid groups (broad SMARTS) is 1. The molecule has 0 radical (unpaired) electrons. The summed E-state index contributed by atoms with van der Waals surface area (Å²) >= 11 is 0. The summed E-state index contributed by atoms with van der Waals surface area (Å²) in [7, 11) is -3.65. The van der Waals surface area contributed by atoms with Crippen LogP contribution in [0.25, 0.3) is 0 Å². The Morgan fingerprint density at radius 2 is 1.63 bits per heavy atom. The molecule has 0 unspecified atom stereocenters. The molecule has 2 aromatic carbocycles. The van der Waals surface area contributed by atoms with E-state index >= 15 is 4.39 Å². The summed E-state index contributed by atoms with van der Waals surface area (Å²) in [6.07, 6.45) is 7.48. The lowest BCUT2D eigenvalue weighted by Gasteiger charge is -2.51. The molecule has 3 aromatic rings. The highest BCUT2D eigenvalue weighted by Crippen LogP contribution is 2.49. The molecule has 1 aliphatic carbocycles. The number of nitrogens with one attached hydrogen (secondary N) is 1. The van der Waals surface area contributed by atoms with E-state index in [0.717, 1.165) is 76.0 Å². The number of nitrogens with zero attached hydrogens (tertiary/aromatic N) is 4. The molecule has 2 N–H and O–H groups in total. The second-order valence-corrected chi connectivity index (χ2v) is 16.4. The molecule has 1 saturated carbocycles. The van der Waals surface area contributed by atoms with E-state index < -0.39 is 21.6 Å². The fourth-order valence-corrected chi connectivity index (χ4v) is 10.2. The van der Waals surface area contributed by atoms with Crippen LogP contribution in [0.2, 0.25) is 0 Å². The van der Waals surface area contributed by atoms with Crippen molar-refractivity contribution < 1.29 is 27.1 Å². The molecule has 1 aromatic heterocycles. The Labute approximate surface area is 287 Å². The van der Waals surface area contributed by atoms with Crippen molar-refractivity contribution in [2.75, 3.05) is 50.7 Å². The van der Waals surface area contributed by atoms with Crippen LogP contribution < -0.4 is 10.2 Å². The molecule has 3 aliphatic heterocycles. The Hall–Kier alpha value is -3.61. The van der Waals surface area contributed by atoms with Gasteiger partial charge in [0.05, 0.1) is 22.9 Å². The number of carbonyl (C=O) groups is 1. The number of anilines is 1. The molecule has 12 heteroatoms. The smallest absolute Gasteiger partial charge is 0.404 e. The van der Waals surface area contributed by atoms with E-state index in [4.69, 9.17) is 0 Å². The molecular formula is C37H45F2N5O4S. The van der Waals surface area contributed by atoms with E-state index in [2.05, 4.69) is 20.1 Å². The highest BCUT2D eigenvalue weighted by Gasteiger charge is 2.48. The Bertz CT molecular complexity index is 1710. The quantitative estimate of drug-likeness (QED) is 0.260. The van der Waals surface area contributed by atoms with Gasteiger partial charge in [-0.1, -0.05) is 18.6 Å². The van der Waals surface area contributed by atoms with E-state index in [0.29, 0.717) is 12.5 Å². The van der Waals surface area contributed by atoms with Crippen molar-refractivity contribution in [1.29, 1.82) is 0 Å². The molecule has 49 heavy (non-hydrogen) atoms. The molecular weight excluding hydrogens is 649 g/mol. The maximum atomic E-state index is 16.0. The van der Waals surface area contributed by atoms with Gasteiger partial charge in [-0.05, 0) is 130 Å². The van der Waals surface area contributed by atoms with Gasteiger partial charge in [0.1, 0.15) is 5.82 Å². The molecule has 0 bridgehead atoms. The summed E-state index contributed by atoms with van der Waals surface area (Å²) in [6.45, 7) is 4.23. The molecule has 262 valence electrons. The van der Waals surface area contributed by atoms with Gasteiger partial charge in [-0.3, -0.25) is 14.8 Å². The third kappa shape index (κ3) is 7.18. The van der Waals surface area contributed by atoms with Crippen molar-refractivity contribution in [2.24, 2.45) is 17.8 Å². The zero-order chi connectivity index (χ0) is 34.2. The molecule has 1 amide bonds. The summed E-state index contributed by atoms with van der Waals surface area (Å²) in [5, 5.41) is 12.5. The van der Waals surface area contributed by atoms with Crippen LogP contribution in [-0.2, 0) is 9.84 Å². The first-order valence-corrected chi connectivity index (χ1v) is 19.0. The van der Waals surface area contributed by atoms with Gasteiger partial charge < -0.3 is 15.3 Å². The van der Waals surface area contributed by atoms with Gasteiger partial charge in [0.25, 0.3) is 0 Å². The molecule has 9 nitrogen and oxygen atoms in total. The second kappa shape index (κ2) is 14.0. The van der Waals surface area contributed by atoms with Gasteiger partial charge >= 0.3 is 6.09 Å². The van der Waals surface area contributed by atoms with E-state index in [1.54, 1.807) is 36.4 Å². The predicted octanol–water partition coefficient (Wildman–Crippen LogP) is 5.79. The van der Waals surface area contributed by atoms with Crippen molar-refractivity contribution in [3.63, 3.8) is 0 Å². The van der Waals surface area contributed by atoms with Crippen LogP contribution in [0.1, 0.15) is 50.1 Å². The lowest BCUT2D eigenvalue weighted by Crippen LogP contribution is -2.64. The van der Waals surface area contributed by atoms with Crippen molar-refractivity contribution in [3.05, 3.63) is 84.4 Å². The molecule has 4 aliphatic rings. The number of sulfone groups is 1. The van der Waals surface area contributed by atoms with Crippen LogP contribution in [0.5, 0.6) is 0 Å². The Morgan fingerprint density at radius 3 is 2.27 bits per heavy atom. The molecule has 0 spiro atoms. The Morgan fingerprint density at radius 1 is 0.939 bits per heavy atom. The minimum atomic E-state index is -3.65. The number of hydrogen-bond acceptors (Lipinski definition) is 7. The zero-order valence-corrected chi connectivity index (χ0v) is 28.4. The normalized spacial score (nSPS) is 24.5. The van der Waals surface area contributed by atoms with Crippen LogP contribution in [0.15, 0.2) is 82.8 Å². The van der Waals surface area contributed by atoms with E-state index in [1.807, 2.05) is 11.0 Å². The number of amides is 1. The van der Waals surface area contributed by atoms with Crippen molar-refractivity contribution in [2.45, 2.75) is 66.1 Å². The van der Waals surface area contributed by atoms with E-state index in [-0.39, 0.29) is 52.6 Å². The summed E-state index contributed by atoms with van der Waals surface area (Å²) in [4.78, 5) is 22.6. The number of piperidine rings is 1. The van der Waals surface area contributed by atoms with Crippen LogP contribution in [0.3, 0.4) is 0 Å².